The summed E-state index contributed by atoms with van der Waals surface area (Å²) in [5.74, 6) is 0.0196. The van der Waals surface area contributed by atoms with Gasteiger partial charge in [-0.25, -0.2) is 0 Å². The molecule has 5 rings (SSSR count). The van der Waals surface area contributed by atoms with Gasteiger partial charge in [-0.2, -0.15) is 13.2 Å². The second-order valence-corrected chi connectivity index (χ2v) is 8.53. The average Bonchev–Trinajstić information content (AvgIpc) is 3.36. The van der Waals surface area contributed by atoms with E-state index in [1.54, 1.807) is 36.4 Å². The van der Waals surface area contributed by atoms with Gasteiger partial charge in [-0.05, 0) is 79.0 Å². The molecule has 0 radical (unpaired) electrons. The normalized spacial score (nSPS) is 15.1. The fourth-order valence-corrected chi connectivity index (χ4v) is 4.04. The predicted octanol–water partition coefficient (Wildman–Crippen LogP) is 6.59. The van der Waals surface area contributed by atoms with E-state index in [0.717, 1.165) is 17.0 Å². The van der Waals surface area contributed by atoms with Crippen LogP contribution in [-0.2, 0) is 15.8 Å². The third kappa shape index (κ3) is 5.21. The minimum absolute atomic E-state index is 0.0991. The Bertz CT molecular complexity index is 1560. The minimum Gasteiger partial charge on any atom is -0.457 e. The van der Waals surface area contributed by atoms with E-state index < -0.39 is 23.6 Å². The van der Waals surface area contributed by atoms with E-state index in [9.17, 15) is 22.8 Å². The summed E-state index contributed by atoms with van der Waals surface area (Å²) in [6.45, 7) is 0. The van der Waals surface area contributed by atoms with Crippen molar-refractivity contribution in [2.75, 3.05) is 4.90 Å². The summed E-state index contributed by atoms with van der Waals surface area (Å²) < 4.78 is 50.6. The molecule has 0 spiro atoms. The minimum atomic E-state index is -4.51. The van der Waals surface area contributed by atoms with Crippen LogP contribution in [0.25, 0.3) is 17.4 Å². The molecule has 0 atom stereocenters. The molecule has 190 valence electrons. The van der Waals surface area contributed by atoms with Crippen LogP contribution in [0.1, 0.15) is 11.3 Å². The summed E-state index contributed by atoms with van der Waals surface area (Å²) in [4.78, 5) is 27.0. The van der Waals surface area contributed by atoms with E-state index >= 15 is 0 Å². The Balaban J connectivity index is 1.39. The number of carbonyl (C=O) groups excluding carboxylic acids is 2. The topological polar surface area (TPSA) is 71.8 Å². The number of halogens is 3. The molecule has 0 saturated carbocycles. The molecule has 0 bridgehead atoms. The summed E-state index contributed by atoms with van der Waals surface area (Å²) in [6.07, 6.45) is -3.29. The third-order valence-electron chi connectivity index (χ3n) is 5.56. The molecule has 10 heteroatoms. The molecule has 1 aromatic heterocycles. The number of amides is 2. The first-order valence-corrected chi connectivity index (χ1v) is 11.6. The number of thiocarbonyl (C=S) groups is 1. The summed E-state index contributed by atoms with van der Waals surface area (Å²) in [6, 6.07) is 23.3. The number of anilines is 1. The van der Waals surface area contributed by atoms with Crippen LogP contribution >= 0.6 is 12.2 Å². The molecule has 1 saturated heterocycles. The van der Waals surface area contributed by atoms with Crippen molar-refractivity contribution in [3.05, 3.63) is 108 Å². The van der Waals surface area contributed by atoms with Crippen molar-refractivity contribution < 1.29 is 31.9 Å². The van der Waals surface area contributed by atoms with Gasteiger partial charge in [0.2, 0.25) is 0 Å². The Labute approximate surface area is 219 Å². The van der Waals surface area contributed by atoms with Gasteiger partial charge in [0, 0.05) is 5.56 Å². The number of ether oxygens (including phenoxy) is 1. The fraction of sp³-hybridized carbons (Fsp3) is 0.0357. The van der Waals surface area contributed by atoms with Crippen LogP contribution in [0.2, 0.25) is 0 Å². The molecule has 2 heterocycles. The Kier molecular flexibility index (Phi) is 6.56. The second-order valence-electron chi connectivity index (χ2n) is 8.15. The van der Waals surface area contributed by atoms with Crippen molar-refractivity contribution in [2.45, 2.75) is 6.18 Å². The van der Waals surface area contributed by atoms with Gasteiger partial charge in [0.25, 0.3) is 11.8 Å². The molecule has 6 nitrogen and oxygen atoms in total. The molecule has 1 aliphatic heterocycles. The summed E-state index contributed by atoms with van der Waals surface area (Å²) in [5, 5.41) is 2.38. The quantitative estimate of drug-likeness (QED) is 0.178. The second kappa shape index (κ2) is 9.98. The van der Waals surface area contributed by atoms with Crippen LogP contribution in [0.15, 0.2) is 101 Å². The zero-order valence-corrected chi connectivity index (χ0v) is 20.2. The number of nitrogens with zero attached hydrogens (tertiary/aromatic N) is 1. The van der Waals surface area contributed by atoms with Gasteiger partial charge in [0.15, 0.2) is 5.11 Å². The zero-order chi connectivity index (χ0) is 26.9. The van der Waals surface area contributed by atoms with Crippen LogP contribution in [-0.4, -0.2) is 16.9 Å². The Morgan fingerprint density at radius 1 is 0.868 bits per heavy atom. The molecule has 4 aromatic rings. The first-order valence-electron chi connectivity index (χ1n) is 11.2. The monoisotopic (exact) mass is 534 g/mol. The van der Waals surface area contributed by atoms with E-state index in [1.165, 1.54) is 30.3 Å². The van der Waals surface area contributed by atoms with Gasteiger partial charge in [-0.3, -0.25) is 19.8 Å². The number of rotatable bonds is 5. The zero-order valence-electron chi connectivity index (χ0n) is 19.4. The van der Waals surface area contributed by atoms with Crippen molar-refractivity contribution in [1.82, 2.24) is 5.32 Å². The van der Waals surface area contributed by atoms with E-state index in [2.05, 4.69) is 5.32 Å². The van der Waals surface area contributed by atoms with E-state index in [1.807, 2.05) is 18.2 Å². The molecule has 0 aliphatic carbocycles. The molecule has 1 aliphatic rings. The molecule has 1 fully saturated rings. The van der Waals surface area contributed by atoms with Crippen molar-refractivity contribution in [1.29, 1.82) is 0 Å². The largest absolute Gasteiger partial charge is 0.457 e. The van der Waals surface area contributed by atoms with E-state index in [4.69, 9.17) is 21.4 Å². The maximum absolute atomic E-state index is 13.3. The van der Waals surface area contributed by atoms with Gasteiger partial charge in [0.1, 0.15) is 28.6 Å². The first kappa shape index (κ1) is 25.0. The number of alkyl halides is 3. The van der Waals surface area contributed by atoms with Crippen molar-refractivity contribution in [3.63, 3.8) is 0 Å². The standard InChI is InChI=1S/C28H17F3N2O4S/c29-28(30,31)18-6-4-5-17(15-18)24-14-13-22(37-24)16-23-25(34)32-27(38)33(26(23)35)19-9-11-21(12-10-19)36-20-7-2-1-3-8-20/h1-16H,(H,32,34,38). The summed E-state index contributed by atoms with van der Waals surface area (Å²) >= 11 is 5.23. The predicted molar refractivity (Wildman–Crippen MR) is 138 cm³/mol. The lowest BCUT2D eigenvalue weighted by Gasteiger charge is -2.28. The van der Waals surface area contributed by atoms with E-state index in [-0.39, 0.29) is 27.8 Å². The Hall–Kier alpha value is -4.70. The van der Waals surface area contributed by atoms with Crippen molar-refractivity contribution in [3.8, 4) is 22.8 Å². The van der Waals surface area contributed by atoms with Gasteiger partial charge in [0.05, 0.1) is 11.3 Å². The Morgan fingerprint density at radius 2 is 1.58 bits per heavy atom. The number of carbonyl (C=O) groups is 2. The lowest BCUT2D eigenvalue weighted by molar-refractivity contribution is -0.137. The van der Waals surface area contributed by atoms with Crippen LogP contribution in [0.5, 0.6) is 11.5 Å². The average molecular weight is 535 g/mol. The molecular weight excluding hydrogens is 517 g/mol. The number of para-hydroxylation sites is 1. The lowest BCUT2D eigenvalue weighted by Crippen LogP contribution is -2.54. The molecule has 1 N–H and O–H groups in total. The number of benzene rings is 3. The van der Waals surface area contributed by atoms with Gasteiger partial charge >= 0.3 is 6.18 Å². The highest BCUT2D eigenvalue weighted by Crippen LogP contribution is 2.33. The van der Waals surface area contributed by atoms with Gasteiger partial charge in [-0.1, -0.05) is 30.3 Å². The summed E-state index contributed by atoms with van der Waals surface area (Å²) in [7, 11) is 0. The summed E-state index contributed by atoms with van der Waals surface area (Å²) in [5.41, 5.74) is -0.481. The van der Waals surface area contributed by atoms with Gasteiger partial charge < -0.3 is 9.15 Å². The number of nitrogens with one attached hydrogen (secondary N) is 1. The molecule has 2 amide bonds. The number of hydrogen-bond donors (Lipinski definition) is 1. The molecule has 3 aromatic carbocycles. The maximum atomic E-state index is 13.3. The first-order chi connectivity index (χ1) is 18.2. The highest BCUT2D eigenvalue weighted by atomic mass is 32.1. The molecule has 38 heavy (non-hydrogen) atoms. The van der Waals surface area contributed by atoms with Gasteiger partial charge in [-0.15, -0.1) is 0 Å². The molecule has 0 unspecified atom stereocenters. The number of furan rings is 1. The van der Waals surface area contributed by atoms with Crippen molar-refractivity contribution in [2.24, 2.45) is 0 Å². The number of hydrogen-bond acceptors (Lipinski definition) is 5. The Morgan fingerprint density at radius 3 is 2.29 bits per heavy atom. The SMILES string of the molecule is O=C1NC(=S)N(c2ccc(Oc3ccccc3)cc2)C(=O)C1=Cc1ccc(-c2cccc(C(F)(F)F)c2)o1. The fourth-order valence-electron chi connectivity index (χ4n) is 3.76. The van der Waals surface area contributed by atoms with Crippen molar-refractivity contribution >= 4 is 40.9 Å². The van der Waals surface area contributed by atoms with Crippen LogP contribution in [0.4, 0.5) is 18.9 Å². The van der Waals surface area contributed by atoms with Crippen LogP contribution in [0.3, 0.4) is 0 Å². The maximum Gasteiger partial charge on any atom is 0.416 e. The van der Waals surface area contributed by atoms with Crippen LogP contribution in [0, 0.1) is 0 Å². The van der Waals surface area contributed by atoms with E-state index in [0.29, 0.717) is 17.2 Å². The lowest BCUT2D eigenvalue weighted by atomic mass is 10.1. The highest BCUT2D eigenvalue weighted by molar-refractivity contribution is 7.80. The highest BCUT2D eigenvalue weighted by Gasteiger charge is 2.35. The molecular formula is C28H17F3N2O4S. The third-order valence-corrected chi connectivity index (χ3v) is 5.85. The smallest absolute Gasteiger partial charge is 0.416 e. The van der Waals surface area contributed by atoms with Crippen LogP contribution < -0.4 is 15.0 Å².